The fourth-order valence-electron chi connectivity index (χ4n) is 3.10. The average molecular weight is 357 g/mol. The van der Waals surface area contributed by atoms with Gasteiger partial charge in [-0.05, 0) is 30.3 Å². The highest BCUT2D eigenvalue weighted by Gasteiger charge is 2.13. The van der Waals surface area contributed by atoms with Crippen LogP contribution in [0.2, 0.25) is 0 Å². The van der Waals surface area contributed by atoms with Crippen LogP contribution >= 0.6 is 0 Å². The quantitative estimate of drug-likeness (QED) is 0.556. The Bertz CT molecular complexity index is 1070. The van der Waals surface area contributed by atoms with Crippen molar-refractivity contribution in [3.8, 4) is 17.1 Å². The van der Waals surface area contributed by atoms with Gasteiger partial charge in [0.05, 0.1) is 30.3 Å². The molecule has 0 saturated carbocycles. The number of hydrogen-bond donors (Lipinski definition) is 2. The van der Waals surface area contributed by atoms with Gasteiger partial charge >= 0.3 is 0 Å². The number of H-pyrrole nitrogens is 1. The number of amides is 1. The molecule has 5 heteroatoms. The molecule has 4 rings (SSSR count). The van der Waals surface area contributed by atoms with E-state index in [1.54, 1.807) is 7.11 Å². The zero-order valence-corrected chi connectivity index (χ0v) is 14.9. The summed E-state index contributed by atoms with van der Waals surface area (Å²) in [6.45, 7) is 0. The van der Waals surface area contributed by atoms with Crippen molar-refractivity contribution >= 4 is 22.6 Å². The second-order valence-corrected chi connectivity index (χ2v) is 6.18. The van der Waals surface area contributed by atoms with Crippen molar-refractivity contribution in [1.82, 2.24) is 9.97 Å². The summed E-state index contributed by atoms with van der Waals surface area (Å²) in [5.74, 6) is 1.32. The molecule has 0 spiro atoms. The summed E-state index contributed by atoms with van der Waals surface area (Å²) in [4.78, 5) is 20.6. The lowest BCUT2D eigenvalue weighted by Gasteiger charge is -2.11. The first-order valence-electron chi connectivity index (χ1n) is 8.70. The number of methoxy groups -OCH3 is 1. The first-order valence-corrected chi connectivity index (χ1v) is 8.70. The van der Waals surface area contributed by atoms with Gasteiger partial charge in [0.25, 0.3) is 0 Å². The molecule has 134 valence electrons. The fourth-order valence-corrected chi connectivity index (χ4v) is 3.10. The largest absolute Gasteiger partial charge is 0.496 e. The molecule has 4 aromatic rings. The van der Waals surface area contributed by atoms with E-state index in [0.717, 1.165) is 33.7 Å². The summed E-state index contributed by atoms with van der Waals surface area (Å²) in [6, 6.07) is 23.0. The van der Waals surface area contributed by atoms with Crippen molar-refractivity contribution in [2.75, 3.05) is 12.4 Å². The number of anilines is 1. The highest BCUT2D eigenvalue weighted by Crippen LogP contribution is 2.28. The second kappa shape index (κ2) is 7.33. The monoisotopic (exact) mass is 357 g/mol. The summed E-state index contributed by atoms with van der Waals surface area (Å²) < 4.78 is 5.33. The van der Waals surface area contributed by atoms with E-state index in [-0.39, 0.29) is 12.3 Å². The fraction of sp³-hybridized carbons (Fsp3) is 0.0909. The first kappa shape index (κ1) is 16.8. The number of imidazole rings is 1. The van der Waals surface area contributed by atoms with Crippen molar-refractivity contribution in [3.63, 3.8) is 0 Å². The number of nitrogens with zero attached hydrogens (tertiary/aromatic N) is 1. The highest BCUT2D eigenvalue weighted by atomic mass is 16.5. The maximum absolute atomic E-state index is 12.6. The Labute approximate surface area is 157 Å². The van der Waals surface area contributed by atoms with Crippen LogP contribution in [0.15, 0.2) is 72.8 Å². The summed E-state index contributed by atoms with van der Waals surface area (Å²) in [5, 5.41) is 3.00. The van der Waals surface area contributed by atoms with Crippen LogP contribution in [-0.4, -0.2) is 23.0 Å². The van der Waals surface area contributed by atoms with E-state index < -0.39 is 0 Å². The number of ether oxygens (including phenoxy) is 1. The molecule has 0 saturated heterocycles. The maximum Gasteiger partial charge on any atom is 0.228 e. The lowest BCUT2D eigenvalue weighted by molar-refractivity contribution is -0.115. The van der Waals surface area contributed by atoms with Crippen molar-refractivity contribution in [3.05, 3.63) is 78.4 Å². The van der Waals surface area contributed by atoms with Gasteiger partial charge in [-0.25, -0.2) is 4.98 Å². The minimum absolute atomic E-state index is 0.108. The third-order valence-corrected chi connectivity index (χ3v) is 4.39. The summed E-state index contributed by atoms with van der Waals surface area (Å²) in [5.41, 5.74) is 4.27. The van der Waals surface area contributed by atoms with E-state index in [4.69, 9.17) is 4.74 Å². The molecule has 5 nitrogen and oxygen atoms in total. The number of carbonyl (C=O) groups excluding carboxylic acids is 1. The molecule has 0 aliphatic rings. The number of carbonyl (C=O) groups is 1. The van der Waals surface area contributed by atoms with Crippen LogP contribution in [0.25, 0.3) is 22.4 Å². The van der Waals surface area contributed by atoms with Gasteiger partial charge in [0.1, 0.15) is 11.6 Å². The number of aromatic nitrogens is 2. The van der Waals surface area contributed by atoms with Crippen LogP contribution in [0.4, 0.5) is 5.69 Å². The average Bonchev–Trinajstić information content (AvgIpc) is 3.13. The molecule has 1 heterocycles. The Balaban J connectivity index is 1.60. The topological polar surface area (TPSA) is 67.0 Å². The molecular weight excluding hydrogens is 338 g/mol. The van der Waals surface area contributed by atoms with Crippen molar-refractivity contribution < 1.29 is 9.53 Å². The summed E-state index contributed by atoms with van der Waals surface area (Å²) >= 11 is 0. The normalized spacial score (nSPS) is 10.7. The number of nitrogens with one attached hydrogen (secondary N) is 2. The molecule has 1 aromatic heterocycles. The lowest BCUT2D eigenvalue weighted by atomic mass is 10.1. The number of benzene rings is 3. The predicted octanol–water partition coefficient (Wildman–Crippen LogP) is 4.42. The standard InChI is InChI=1S/C22H19N3O2/c1-27-20-13-7-2-8-15(20)14-21(26)23-17-10-4-3-9-16(17)22-24-18-11-5-6-12-19(18)25-22/h2-13H,14H2,1H3,(H,23,26)(H,24,25). The Kier molecular flexibility index (Phi) is 4.58. The SMILES string of the molecule is COc1ccccc1CC(=O)Nc1ccccc1-c1nc2ccccc2[nH]1. The van der Waals surface area contributed by atoms with Gasteiger partial charge in [0, 0.05) is 11.1 Å². The van der Waals surface area contributed by atoms with Crippen LogP contribution in [0, 0.1) is 0 Å². The second-order valence-electron chi connectivity index (χ2n) is 6.18. The van der Waals surface area contributed by atoms with Crippen LogP contribution < -0.4 is 10.1 Å². The number of rotatable bonds is 5. The minimum atomic E-state index is -0.108. The number of aromatic amines is 1. The van der Waals surface area contributed by atoms with Crippen LogP contribution in [-0.2, 0) is 11.2 Å². The Morgan fingerprint density at radius 2 is 1.74 bits per heavy atom. The van der Waals surface area contributed by atoms with Gasteiger partial charge < -0.3 is 15.0 Å². The van der Waals surface area contributed by atoms with Gasteiger partial charge in [-0.2, -0.15) is 0 Å². The molecule has 0 aliphatic heterocycles. The Morgan fingerprint density at radius 1 is 1.00 bits per heavy atom. The van der Waals surface area contributed by atoms with Crippen molar-refractivity contribution in [2.45, 2.75) is 6.42 Å². The van der Waals surface area contributed by atoms with Crippen molar-refractivity contribution in [1.29, 1.82) is 0 Å². The van der Waals surface area contributed by atoms with E-state index in [9.17, 15) is 4.79 Å². The van der Waals surface area contributed by atoms with Crippen LogP contribution in [0.3, 0.4) is 0 Å². The zero-order chi connectivity index (χ0) is 18.6. The Hall–Kier alpha value is -3.60. The third kappa shape index (κ3) is 3.53. The van der Waals surface area contributed by atoms with E-state index in [0.29, 0.717) is 5.75 Å². The maximum atomic E-state index is 12.6. The van der Waals surface area contributed by atoms with Crippen molar-refractivity contribution in [2.24, 2.45) is 0 Å². The number of hydrogen-bond acceptors (Lipinski definition) is 3. The number of fused-ring (bicyclic) bond motifs is 1. The first-order chi connectivity index (χ1) is 13.2. The third-order valence-electron chi connectivity index (χ3n) is 4.39. The van der Waals surface area contributed by atoms with E-state index in [2.05, 4.69) is 15.3 Å². The molecule has 0 fully saturated rings. The molecule has 0 atom stereocenters. The molecule has 0 radical (unpaired) electrons. The molecular formula is C22H19N3O2. The van der Waals surface area contributed by atoms with E-state index in [1.165, 1.54) is 0 Å². The molecule has 3 aromatic carbocycles. The van der Waals surface area contributed by atoms with Gasteiger partial charge in [0.2, 0.25) is 5.91 Å². The van der Waals surface area contributed by atoms with Gasteiger partial charge in [-0.1, -0.05) is 42.5 Å². The molecule has 27 heavy (non-hydrogen) atoms. The van der Waals surface area contributed by atoms with Gasteiger partial charge in [0.15, 0.2) is 0 Å². The predicted molar refractivity (Wildman–Crippen MR) is 107 cm³/mol. The summed E-state index contributed by atoms with van der Waals surface area (Å²) in [6.07, 6.45) is 0.235. The molecule has 2 N–H and O–H groups in total. The van der Waals surface area contributed by atoms with Gasteiger partial charge in [-0.3, -0.25) is 4.79 Å². The summed E-state index contributed by atoms with van der Waals surface area (Å²) in [7, 11) is 1.60. The lowest BCUT2D eigenvalue weighted by Crippen LogP contribution is -2.15. The highest BCUT2D eigenvalue weighted by molar-refractivity contribution is 5.96. The molecule has 0 aliphatic carbocycles. The Morgan fingerprint density at radius 3 is 2.59 bits per heavy atom. The zero-order valence-electron chi connectivity index (χ0n) is 14.9. The molecule has 1 amide bonds. The van der Waals surface area contributed by atoms with Gasteiger partial charge in [-0.15, -0.1) is 0 Å². The molecule has 0 bridgehead atoms. The smallest absolute Gasteiger partial charge is 0.228 e. The minimum Gasteiger partial charge on any atom is -0.496 e. The number of para-hydroxylation sites is 4. The van der Waals surface area contributed by atoms with E-state index >= 15 is 0 Å². The molecule has 0 unspecified atom stereocenters. The van der Waals surface area contributed by atoms with E-state index in [1.807, 2.05) is 72.8 Å². The van der Waals surface area contributed by atoms with Crippen LogP contribution in [0.5, 0.6) is 5.75 Å². The van der Waals surface area contributed by atoms with Crippen LogP contribution in [0.1, 0.15) is 5.56 Å².